The van der Waals surface area contributed by atoms with Crippen LogP contribution >= 0.6 is 11.8 Å². The lowest BCUT2D eigenvalue weighted by Gasteiger charge is -2.35. The Morgan fingerprint density at radius 2 is 2.15 bits per heavy atom. The van der Waals surface area contributed by atoms with E-state index in [1.807, 2.05) is 0 Å². The second kappa shape index (κ2) is 5.55. The summed E-state index contributed by atoms with van der Waals surface area (Å²) in [6.45, 7) is 4.17. The van der Waals surface area contributed by atoms with E-state index in [1.165, 1.54) is 0 Å². The van der Waals surface area contributed by atoms with Gasteiger partial charge in [0.15, 0.2) is 17.3 Å². The summed E-state index contributed by atoms with van der Waals surface area (Å²) in [5.41, 5.74) is -0.713. The minimum Gasteiger partial charge on any atom is -0.373 e. The molecule has 0 bridgehead atoms. The lowest BCUT2D eigenvalue weighted by molar-refractivity contribution is -0.384. The van der Waals surface area contributed by atoms with Crippen molar-refractivity contribution in [2.24, 2.45) is 5.41 Å². The highest BCUT2D eigenvalue weighted by molar-refractivity contribution is 7.99. The number of anilines is 1. The number of nitro benzene ring substituents is 1. The van der Waals surface area contributed by atoms with E-state index in [-0.39, 0.29) is 17.1 Å². The van der Waals surface area contributed by atoms with Crippen LogP contribution < -0.4 is 5.32 Å². The van der Waals surface area contributed by atoms with Crippen molar-refractivity contribution >= 4 is 23.1 Å². The maximum atomic E-state index is 13.8. The third kappa shape index (κ3) is 3.20. The summed E-state index contributed by atoms with van der Waals surface area (Å²) >= 11 is 1.70. The van der Waals surface area contributed by atoms with Crippen molar-refractivity contribution in [1.29, 1.82) is 0 Å². The minimum atomic E-state index is -1.19. The van der Waals surface area contributed by atoms with Crippen molar-refractivity contribution in [2.45, 2.75) is 26.3 Å². The molecule has 1 aliphatic heterocycles. The van der Waals surface area contributed by atoms with Gasteiger partial charge in [-0.05, 0) is 23.7 Å². The molecule has 1 fully saturated rings. The van der Waals surface area contributed by atoms with Crippen molar-refractivity contribution in [3.05, 3.63) is 33.9 Å². The number of thioether (sulfide) groups is 1. The highest BCUT2D eigenvalue weighted by Crippen LogP contribution is 2.37. The summed E-state index contributed by atoms with van der Waals surface area (Å²) in [5.74, 6) is -0.566. The first kappa shape index (κ1) is 15.0. The van der Waals surface area contributed by atoms with Gasteiger partial charge in [0.2, 0.25) is 0 Å². The van der Waals surface area contributed by atoms with Gasteiger partial charge in [0.05, 0.1) is 4.92 Å². The zero-order chi connectivity index (χ0) is 14.9. The molecule has 2 rings (SSSR count). The monoisotopic (exact) mass is 302 g/mol. The first-order chi connectivity index (χ1) is 9.30. The number of hydrogen-bond donors (Lipinski definition) is 1. The Morgan fingerprint density at radius 1 is 1.45 bits per heavy atom. The van der Waals surface area contributed by atoms with Gasteiger partial charge >= 0.3 is 0 Å². The normalized spacial score (nSPS) is 21.5. The Bertz CT molecular complexity index is 537. The summed E-state index contributed by atoms with van der Waals surface area (Å²) < 4.78 is 27.1. The molecule has 1 unspecified atom stereocenters. The molecule has 0 aromatic heterocycles. The standard InChI is InChI=1S/C13H16F2N2O2S/c1-13(2)5-8(6-20-7-13)16-12-10(17(18)19)4-3-9(14)11(12)15/h3-4,8,16H,5-7H2,1-2H3. The fraction of sp³-hybridized carbons (Fsp3) is 0.538. The first-order valence-corrected chi connectivity index (χ1v) is 7.42. The summed E-state index contributed by atoms with van der Waals surface area (Å²) in [5, 5.41) is 13.7. The predicted molar refractivity (Wildman–Crippen MR) is 76.1 cm³/mol. The molecular formula is C13H16F2N2O2S. The molecule has 1 aromatic carbocycles. The number of nitrogens with zero attached hydrogens (tertiary/aromatic N) is 1. The highest BCUT2D eigenvalue weighted by atomic mass is 32.2. The lowest BCUT2D eigenvalue weighted by Crippen LogP contribution is -2.35. The van der Waals surface area contributed by atoms with Crippen LogP contribution in [0.15, 0.2) is 12.1 Å². The molecule has 1 atom stereocenters. The minimum absolute atomic E-state index is 0.0686. The molecule has 110 valence electrons. The molecule has 1 saturated heterocycles. The fourth-order valence-electron chi connectivity index (χ4n) is 2.39. The SMILES string of the molecule is CC1(C)CSCC(Nc2c([N+](=O)[O-])ccc(F)c2F)C1. The number of benzene rings is 1. The molecule has 0 saturated carbocycles. The Balaban J connectivity index is 2.28. The van der Waals surface area contributed by atoms with Crippen LogP contribution in [-0.2, 0) is 0 Å². The maximum absolute atomic E-state index is 13.8. The summed E-state index contributed by atoms with van der Waals surface area (Å²) in [6.07, 6.45) is 0.757. The first-order valence-electron chi connectivity index (χ1n) is 6.27. The molecule has 1 aliphatic rings. The van der Waals surface area contributed by atoms with Crippen LogP contribution in [0.25, 0.3) is 0 Å². The van der Waals surface area contributed by atoms with Gasteiger partial charge in [0.1, 0.15) is 0 Å². The molecule has 4 nitrogen and oxygen atoms in total. The molecule has 20 heavy (non-hydrogen) atoms. The van der Waals surface area contributed by atoms with Crippen LogP contribution in [0, 0.1) is 27.2 Å². The van der Waals surface area contributed by atoms with Crippen LogP contribution in [0.3, 0.4) is 0 Å². The topological polar surface area (TPSA) is 55.2 Å². The van der Waals surface area contributed by atoms with E-state index in [9.17, 15) is 18.9 Å². The summed E-state index contributed by atoms with van der Waals surface area (Å²) in [7, 11) is 0. The van der Waals surface area contributed by atoms with Crippen LogP contribution in [0.1, 0.15) is 20.3 Å². The average Bonchev–Trinajstić information content (AvgIpc) is 2.33. The van der Waals surface area contributed by atoms with E-state index in [2.05, 4.69) is 19.2 Å². The Labute approximate surface area is 120 Å². The quantitative estimate of drug-likeness (QED) is 0.681. The predicted octanol–water partition coefficient (Wildman–Crippen LogP) is 3.82. The van der Waals surface area contributed by atoms with Crippen LogP contribution in [0.4, 0.5) is 20.2 Å². The maximum Gasteiger partial charge on any atom is 0.295 e. The summed E-state index contributed by atoms with van der Waals surface area (Å²) in [4.78, 5) is 10.2. The van der Waals surface area contributed by atoms with E-state index < -0.39 is 22.2 Å². The number of hydrogen-bond acceptors (Lipinski definition) is 4. The van der Waals surface area contributed by atoms with Gasteiger partial charge in [-0.15, -0.1) is 0 Å². The van der Waals surface area contributed by atoms with Gasteiger partial charge in [-0.25, -0.2) is 8.78 Å². The van der Waals surface area contributed by atoms with E-state index in [4.69, 9.17) is 0 Å². The Morgan fingerprint density at radius 3 is 2.75 bits per heavy atom. The molecule has 0 amide bonds. The molecule has 1 N–H and O–H groups in total. The smallest absolute Gasteiger partial charge is 0.295 e. The van der Waals surface area contributed by atoms with Crippen molar-refractivity contribution in [3.63, 3.8) is 0 Å². The van der Waals surface area contributed by atoms with Gasteiger partial charge in [0.25, 0.3) is 5.69 Å². The molecule has 0 aliphatic carbocycles. The molecule has 1 heterocycles. The van der Waals surface area contributed by atoms with Crippen molar-refractivity contribution in [1.82, 2.24) is 0 Å². The highest BCUT2D eigenvalue weighted by Gasteiger charge is 2.31. The van der Waals surface area contributed by atoms with E-state index in [1.54, 1.807) is 11.8 Å². The Hall–Kier alpha value is -1.37. The molecular weight excluding hydrogens is 286 g/mol. The molecule has 1 aromatic rings. The third-order valence-electron chi connectivity index (χ3n) is 3.23. The number of halogens is 2. The number of nitrogens with one attached hydrogen (secondary N) is 1. The third-order valence-corrected chi connectivity index (χ3v) is 4.85. The molecule has 7 heteroatoms. The second-order valence-corrected chi connectivity index (χ2v) is 6.77. The van der Waals surface area contributed by atoms with Gasteiger partial charge in [-0.3, -0.25) is 10.1 Å². The van der Waals surface area contributed by atoms with Crippen molar-refractivity contribution in [2.75, 3.05) is 16.8 Å². The molecule has 0 radical (unpaired) electrons. The zero-order valence-corrected chi connectivity index (χ0v) is 12.1. The van der Waals surface area contributed by atoms with Gasteiger partial charge in [-0.1, -0.05) is 13.8 Å². The van der Waals surface area contributed by atoms with E-state index >= 15 is 0 Å². The van der Waals surface area contributed by atoms with Crippen molar-refractivity contribution in [3.8, 4) is 0 Å². The second-order valence-electron chi connectivity index (χ2n) is 5.74. The van der Waals surface area contributed by atoms with Gasteiger partial charge in [0, 0.05) is 17.9 Å². The van der Waals surface area contributed by atoms with E-state index in [0.29, 0.717) is 0 Å². The van der Waals surface area contributed by atoms with Crippen molar-refractivity contribution < 1.29 is 13.7 Å². The lowest BCUT2D eigenvalue weighted by atomic mass is 9.87. The van der Waals surface area contributed by atoms with E-state index in [0.717, 1.165) is 30.1 Å². The number of rotatable bonds is 3. The van der Waals surface area contributed by atoms with Crippen LogP contribution in [0.2, 0.25) is 0 Å². The van der Waals surface area contributed by atoms with Gasteiger partial charge in [-0.2, -0.15) is 11.8 Å². The van der Waals surface area contributed by atoms with Crippen LogP contribution in [-0.4, -0.2) is 22.5 Å². The molecule has 0 spiro atoms. The zero-order valence-electron chi connectivity index (χ0n) is 11.3. The van der Waals surface area contributed by atoms with Crippen LogP contribution in [0.5, 0.6) is 0 Å². The average molecular weight is 302 g/mol. The number of nitro groups is 1. The fourth-order valence-corrected chi connectivity index (χ4v) is 3.66. The Kier molecular flexibility index (Phi) is 4.17. The van der Waals surface area contributed by atoms with Gasteiger partial charge < -0.3 is 5.32 Å². The largest absolute Gasteiger partial charge is 0.373 e. The summed E-state index contributed by atoms with van der Waals surface area (Å²) in [6, 6.07) is 1.65.